The quantitative estimate of drug-likeness (QED) is 0.826. The van der Waals surface area contributed by atoms with Gasteiger partial charge in [0.1, 0.15) is 0 Å². The van der Waals surface area contributed by atoms with Crippen molar-refractivity contribution in [2.24, 2.45) is 0 Å². The van der Waals surface area contributed by atoms with E-state index >= 15 is 0 Å². The van der Waals surface area contributed by atoms with Gasteiger partial charge < -0.3 is 4.57 Å². The van der Waals surface area contributed by atoms with Crippen molar-refractivity contribution >= 4 is 38.3 Å². The Morgan fingerprint density at radius 3 is 2.88 bits per heavy atom. The molecule has 4 heteroatoms. The summed E-state index contributed by atoms with van der Waals surface area (Å²) in [5.41, 5.74) is -0.0168. The van der Waals surface area contributed by atoms with Gasteiger partial charge in [-0.3, -0.25) is 4.79 Å². The Morgan fingerprint density at radius 1 is 1.44 bits per heavy atom. The highest BCUT2D eigenvalue weighted by atomic mass is 79.9. The zero-order valence-electron chi connectivity index (χ0n) is 8.84. The van der Waals surface area contributed by atoms with Gasteiger partial charge in [0.05, 0.1) is 10.4 Å². The summed E-state index contributed by atoms with van der Waals surface area (Å²) in [6.07, 6.45) is 2.75. The summed E-state index contributed by atoms with van der Waals surface area (Å²) in [5, 5.41) is 1.97. The van der Waals surface area contributed by atoms with Crippen molar-refractivity contribution in [1.29, 1.82) is 0 Å². The molecule has 2 nitrogen and oxygen atoms in total. The molecule has 0 aliphatic rings. The first-order chi connectivity index (χ1) is 7.63. The lowest BCUT2D eigenvalue weighted by Crippen LogP contribution is -2.19. The largest absolute Gasteiger partial charge is 0.315 e. The fourth-order valence-corrected chi connectivity index (χ4v) is 2.66. The maximum absolute atomic E-state index is 12.1. The minimum Gasteiger partial charge on any atom is -0.315 e. The number of hydrogen-bond donors (Lipinski definition) is 0. The van der Waals surface area contributed by atoms with Gasteiger partial charge in [-0.2, -0.15) is 0 Å². The molecule has 2 rings (SSSR count). The van der Waals surface area contributed by atoms with E-state index in [-0.39, 0.29) is 5.56 Å². The second-order valence-electron chi connectivity index (χ2n) is 3.67. The van der Waals surface area contributed by atoms with Crippen molar-refractivity contribution in [3.63, 3.8) is 0 Å². The summed E-state index contributed by atoms with van der Waals surface area (Å²) < 4.78 is 2.58. The summed E-state index contributed by atoms with van der Waals surface area (Å²) >= 11 is 9.46. The maximum atomic E-state index is 12.1. The SMILES string of the molecule is CCCn1ccc2cc(Br)cc(Cl)c2c1=O. The number of pyridine rings is 1. The molecule has 0 saturated carbocycles. The smallest absolute Gasteiger partial charge is 0.259 e. The van der Waals surface area contributed by atoms with Gasteiger partial charge >= 0.3 is 0 Å². The van der Waals surface area contributed by atoms with Gasteiger partial charge in [-0.15, -0.1) is 0 Å². The van der Waals surface area contributed by atoms with Gasteiger partial charge in [0, 0.05) is 17.2 Å². The molecule has 0 aliphatic heterocycles. The van der Waals surface area contributed by atoms with E-state index in [9.17, 15) is 4.79 Å². The lowest BCUT2D eigenvalue weighted by Gasteiger charge is -2.07. The molecule has 0 amide bonds. The van der Waals surface area contributed by atoms with Crippen molar-refractivity contribution in [3.05, 3.63) is 44.2 Å². The highest BCUT2D eigenvalue weighted by molar-refractivity contribution is 9.10. The fourth-order valence-electron chi connectivity index (χ4n) is 1.75. The first-order valence-electron chi connectivity index (χ1n) is 5.11. The topological polar surface area (TPSA) is 22.0 Å². The second-order valence-corrected chi connectivity index (χ2v) is 4.99. The molecule has 2 aromatic rings. The summed E-state index contributed by atoms with van der Waals surface area (Å²) in [7, 11) is 0. The van der Waals surface area contributed by atoms with Crippen LogP contribution in [0.3, 0.4) is 0 Å². The molecule has 0 aliphatic carbocycles. The van der Waals surface area contributed by atoms with Gasteiger partial charge in [-0.05, 0) is 30.0 Å². The standard InChI is InChI=1S/C12H11BrClNO/c1-2-4-15-5-3-8-6-9(13)7-10(14)11(8)12(15)16/h3,5-7H,2,4H2,1H3. The van der Waals surface area contributed by atoms with E-state index in [4.69, 9.17) is 11.6 Å². The molecule has 0 bridgehead atoms. The monoisotopic (exact) mass is 299 g/mol. The highest BCUT2D eigenvalue weighted by Gasteiger charge is 2.07. The molecule has 0 saturated heterocycles. The van der Waals surface area contributed by atoms with Gasteiger partial charge in [-0.25, -0.2) is 0 Å². The first-order valence-corrected chi connectivity index (χ1v) is 6.28. The zero-order chi connectivity index (χ0) is 11.7. The van der Waals surface area contributed by atoms with Crippen molar-refractivity contribution in [2.75, 3.05) is 0 Å². The van der Waals surface area contributed by atoms with E-state index < -0.39 is 0 Å². The Bertz CT molecular complexity index is 591. The lowest BCUT2D eigenvalue weighted by atomic mass is 10.2. The van der Waals surface area contributed by atoms with Gasteiger partial charge in [0.2, 0.25) is 0 Å². The van der Waals surface area contributed by atoms with Gasteiger partial charge in [-0.1, -0.05) is 34.5 Å². The van der Waals surface area contributed by atoms with Crippen molar-refractivity contribution in [2.45, 2.75) is 19.9 Å². The van der Waals surface area contributed by atoms with Crippen LogP contribution in [0.4, 0.5) is 0 Å². The maximum Gasteiger partial charge on any atom is 0.259 e. The predicted octanol–water partition coefficient (Wildman–Crippen LogP) is 3.83. The normalized spacial score (nSPS) is 10.9. The van der Waals surface area contributed by atoms with Crippen LogP contribution in [0.5, 0.6) is 0 Å². The average molecular weight is 301 g/mol. The van der Waals surface area contributed by atoms with E-state index in [1.807, 2.05) is 25.3 Å². The number of aromatic nitrogens is 1. The number of halogens is 2. The molecule has 0 fully saturated rings. The summed E-state index contributed by atoms with van der Waals surface area (Å²) in [6.45, 7) is 2.76. The van der Waals surface area contributed by atoms with Crippen molar-refractivity contribution < 1.29 is 0 Å². The van der Waals surface area contributed by atoms with Gasteiger partial charge in [0.15, 0.2) is 0 Å². The Kier molecular flexibility index (Phi) is 3.36. The zero-order valence-corrected chi connectivity index (χ0v) is 11.2. The lowest BCUT2D eigenvalue weighted by molar-refractivity contribution is 0.659. The molecule has 1 aromatic carbocycles. The van der Waals surface area contributed by atoms with Crippen LogP contribution in [0.1, 0.15) is 13.3 Å². The van der Waals surface area contributed by atoms with Crippen LogP contribution in [-0.2, 0) is 6.54 Å². The van der Waals surface area contributed by atoms with E-state index in [1.54, 1.807) is 10.6 Å². The van der Waals surface area contributed by atoms with E-state index in [2.05, 4.69) is 15.9 Å². The molecule has 0 atom stereocenters. The fraction of sp³-hybridized carbons (Fsp3) is 0.250. The molecular weight excluding hydrogens is 289 g/mol. The summed E-state index contributed by atoms with van der Waals surface area (Å²) in [4.78, 5) is 12.1. The van der Waals surface area contributed by atoms with E-state index in [0.29, 0.717) is 10.4 Å². The molecule has 16 heavy (non-hydrogen) atoms. The van der Waals surface area contributed by atoms with Crippen molar-refractivity contribution in [1.82, 2.24) is 4.57 Å². The Morgan fingerprint density at radius 2 is 2.19 bits per heavy atom. The minimum absolute atomic E-state index is 0.0168. The third kappa shape index (κ3) is 2.02. The number of nitrogens with zero attached hydrogens (tertiary/aromatic N) is 1. The average Bonchev–Trinajstić information content (AvgIpc) is 2.21. The molecule has 1 heterocycles. The van der Waals surface area contributed by atoms with Crippen LogP contribution in [-0.4, -0.2) is 4.57 Å². The van der Waals surface area contributed by atoms with Crippen LogP contribution >= 0.6 is 27.5 Å². The summed E-state index contributed by atoms with van der Waals surface area (Å²) in [6, 6.07) is 5.57. The Balaban J connectivity index is 2.79. The molecule has 1 aromatic heterocycles. The molecule has 0 unspecified atom stereocenters. The number of rotatable bonds is 2. The van der Waals surface area contributed by atoms with Crippen LogP contribution in [0.25, 0.3) is 10.8 Å². The van der Waals surface area contributed by atoms with Crippen LogP contribution in [0.2, 0.25) is 5.02 Å². The number of aryl methyl sites for hydroxylation is 1. The number of fused-ring (bicyclic) bond motifs is 1. The third-order valence-electron chi connectivity index (χ3n) is 2.46. The second kappa shape index (κ2) is 4.60. The van der Waals surface area contributed by atoms with Crippen LogP contribution in [0.15, 0.2) is 33.7 Å². The molecule has 0 spiro atoms. The van der Waals surface area contributed by atoms with E-state index in [0.717, 1.165) is 22.8 Å². The molecular formula is C12H11BrClNO. The van der Waals surface area contributed by atoms with E-state index in [1.165, 1.54) is 0 Å². The van der Waals surface area contributed by atoms with Crippen LogP contribution in [0, 0.1) is 0 Å². The highest BCUT2D eigenvalue weighted by Crippen LogP contribution is 2.25. The minimum atomic E-state index is -0.0168. The number of benzene rings is 1. The first kappa shape index (κ1) is 11.7. The third-order valence-corrected chi connectivity index (χ3v) is 3.21. The van der Waals surface area contributed by atoms with Crippen LogP contribution < -0.4 is 5.56 Å². The predicted molar refractivity (Wildman–Crippen MR) is 71.2 cm³/mol. The molecule has 0 N–H and O–H groups in total. The van der Waals surface area contributed by atoms with Crippen molar-refractivity contribution in [3.8, 4) is 0 Å². The van der Waals surface area contributed by atoms with Gasteiger partial charge in [0.25, 0.3) is 5.56 Å². The summed E-state index contributed by atoms with van der Waals surface area (Å²) in [5.74, 6) is 0. The molecule has 84 valence electrons. The number of hydrogen-bond acceptors (Lipinski definition) is 1. The Hall–Kier alpha value is -0.800. The Labute approximate surface area is 107 Å². The molecule has 0 radical (unpaired) electrons.